The average Bonchev–Trinajstić information content (AvgIpc) is 1.94. The van der Waals surface area contributed by atoms with Crippen LogP contribution in [0.4, 0.5) is 0 Å². The van der Waals surface area contributed by atoms with Gasteiger partial charge in [-0.25, -0.2) is 4.99 Å². The van der Waals surface area contributed by atoms with Crippen LogP contribution in [0.3, 0.4) is 0 Å². The highest BCUT2D eigenvalue weighted by Crippen LogP contribution is 2.01. The maximum Gasteiger partial charge on any atom is 0.135 e. The van der Waals surface area contributed by atoms with E-state index in [-0.39, 0.29) is 5.54 Å². The molecule has 4 nitrogen and oxygen atoms in total. The van der Waals surface area contributed by atoms with Gasteiger partial charge in [-0.05, 0) is 32.3 Å². The van der Waals surface area contributed by atoms with E-state index in [0.29, 0.717) is 13.2 Å². The van der Waals surface area contributed by atoms with Gasteiger partial charge in [-0.2, -0.15) is 0 Å². The van der Waals surface area contributed by atoms with Gasteiger partial charge in [0.15, 0.2) is 0 Å². The van der Waals surface area contributed by atoms with E-state index in [1.54, 1.807) is 0 Å². The smallest absolute Gasteiger partial charge is 0.135 e. The molecule has 0 heterocycles. The summed E-state index contributed by atoms with van der Waals surface area (Å²) in [5.74, 6) is 0. The van der Waals surface area contributed by atoms with Crippen molar-refractivity contribution in [2.75, 3.05) is 13.2 Å². The van der Waals surface area contributed by atoms with Crippen LogP contribution in [0.25, 0.3) is 0 Å². The molecule has 0 aromatic rings. The first-order chi connectivity index (χ1) is 5.56. The van der Waals surface area contributed by atoms with E-state index in [0.717, 1.165) is 6.42 Å². The zero-order chi connectivity index (χ0) is 9.45. The first-order valence-corrected chi connectivity index (χ1v) is 4.08. The summed E-state index contributed by atoms with van der Waals surface area (Å²) >= 11 is 0. The zero-order valence-electron chi connectivity index (χ0n) is 8.00. The highest BCUT2D eigenvalue weighted by atomic mass is 16.6. The fraction of sp³-hybridized carbons (Fsp3) is 0.875. The largest absolute Gasteiger partial charge is 0.388 e. The number of nitrogens with zero attached hydrogens (tertiary/aromatic N) is 2. The van der Waals surface area contributed by atoms with E-state index in [2.05, 4.69) is 21.0 Å². The van der Waals surface area contributed by atoms with Gasteiger partial charge >= 0.3 is 0 Å². The summed E-state index contributed by atoms with van der Waals surface area (Å²) in [5.41, 5.74) is 5.56. The quantitative estimate of drug-likeness (QED) is 0.499. The Hall–Kier alpha value is -0.860. The maximum absolute atomic E-state index is 5.73. The van der Waals surface area contributed by atoms with Gasteiger partial charge in [-0.15, -0.1) is 0 Å². The van der Waals surface area contributed by atoms with Gasteiger partial charge in [0, 0.05) is 5.54 Å². The molecular weight excluding hydrogens is 154 g/mol. The van der Waals surface area contributed by atoms with Crippen molar-refractivity contribution in [2.24, 2.45) is 15.9 Å². The topological polar surface area (TPSA) is 60.0 Å². The van der Waals surface area contributed by atoms with Crippen molar-refractivity contribution >= 4 is 6.01 Å². The van der Waals surface area contributed by atoms with Crippen LogP contribution in [0.5, 0.6) is 0 Å². The molecule has 0 aliphatic carbocycles. The SMILES string of the molecule is CCON=C=NCCC(C)(C)N. The molecule has 0 aromatic heterocycles. The van der Waals surface area contributed by atoms with Gasteiger partial charge in [-0.3, -0.25) is 0 Å². The molecular formula is C8H17N3O. The van der Waals surface area contributed by atoms with Crippen LogP contribution in [0, 0.1) is 0 Å². The normalized spacial score (nSPS) is 10.3. The average molecular weight is 171 g/mol. The molecule has 0 fully saturated rings. The molecule has 0 saturated carbocycles. The standard InChI is InChI=1S/C8H17N3O/c1-4-12-11-7-10-6-5-8(2,3)9/h4-6,9H2,1-3H3. The van der Waals surface area contributed by atoms with Gasteiger partial charge in [0.05, 0.1) is 6.54 Å². The van der Waals surface area contributed by atoms with E-state index in [1.807, 2.05) is 20.8 Å². The lowest BCUT2D eigenvalue weighted by atomic mass is 10.0. The lowest BCUT2D eigenvalue weighted by Gasteiger charge is -2.15. The fourth-order valence-electron chi connectivity index (χ4n) is 0.516. The van der Waals surface area contributed by atoms with Crippen LogP contribution >= 0.6 is 0 Å². The predicted octanol–water partition coefficient (Wildman–Crippen LogP) is 1.24. The van der Waals surface area contributed by atoms with Crippen molar-refractivity contribution in [1.82, 2.24) is 0 Å². The van der Waals surface area contributed by atoms with Crippen LogP contribution in [-0.2, 0) is 4.84 Å². The van der Waals surface area contributed by atoms with Gasteiger partial charge in [-0.1, -0.05) is 0 Å². The Labute approximate surface area is 73.5 Å². The van der Waals surface area contributed by atoms with Crippen LogP contribution in [-0.4, -0.2) is 24.7 Å². The number of rotatable bonds is 5. The molecule has 0 rings (SSSR count). The molecule has 0 radical (unpaired) electrons. The molecule has 0 amide bonds. The van der Waals surface area contributed by atoms with E-state index in [4.69, 9.17) is 5.73 Å². The molecule has 0 atom stereocenters. The summed E-state index contributed by atoms with van der Waals surface area (Å²) in [7, 11) is 0. The van der Waals surface area contributed by atoms with Gasteiger partial charge in [0.2, 0.25) is 0 Å². The third kappa shape index (κ3) is 9.14. The molecule has 0 aromatic carbocycles. The van der Waals surface area contributed by atoms with Crippen LogP contribution < -0.4 is 5.73 Å². The Bertz CT molecular complexity index is 166. The monoisotopic (exact) mass is 171 g/mol. The van der Waals surface area contributed by atoms with Crippen molar-refractivity contribution in [3.8, 4) is 0 Å². The number of hydrogen-bond donors (Lipinski definition) is 1. The highest BCUT2D eigenvalue weighted by molar-refractivity contribution is 5.39. The summed E-state index contributed by atoms with van der Waals surface area (Å²) in [6.45, 7) is 6.96. The third-order valence-electron chi connectivity index (χ3n) is 1.17. The van der Waals surface area contributed by atoms with Crippen molar-refractivity contribution in [1.29, 1.82) is 0 Å². The minimum Gasteiger partial charge on any atom is -0.388 e. The Morgan fingerprint density at radius 1 is 1.50 bits per heavy atom. The highest BCUT2D eigenvalue weighted by Gasteiger charge is 2.08. The molecule has 2 N–H and O–H groups in total. The summed E-state index contributed by atoms with van der Waals surface area (Å²) in [6.07, 6.45) is 0.821. The zero-order valence-corrected chi connectivity index (χ0v) is 8.00. The lowest BCUT2D eigenvalue weighted by molar-refractivity contribution is 0.161. The second-order valence-corrected chi connectivity index (χ2v) is 3.23. The first-order valence-electron chi connectivity index (χ1n) is 4.08. The Morgan fingerprint density at radius 3 is 2.67 bits per heavy atom. The summed E-state index contributed by atoms with van der Waals surface area (Å²) in [5, 5.41) is 3.45. The summed E-state index contributed by atoms with van der Waals surface area (Å²) in [6, 6.07) is 2.43. The summed E-state index contributed by atoms with van der Waals surface area (Å²) in [4.78, 5) is 8.53. The van der Waals surface area contributed by atoms with Crippen LogP contribution in [0.2, 0.25) is 0 Å². The molecule has 0 saturated heterocycles. The number of aliphatic imine (C=N–C) groups is 1. The van der Waals surface area contributed by atoms with Crippen LogP contribution in [0.1, 0.15) is 27.2 Å². The van der Waals surface area contributed by atoms with Gasteiger partial charge in [0.1, 0.15) is 12.6 Å². The minimum atomic E-state index is -0.170. The van der Waals surface area contributed by atoms with E-state index in [9.17, 15) is 0 Å². The first kappa shape index (κ1) is 11.1. The van der Waals surface area contributed by atoms with E-state index in [1.165, 1.54) is 0 Å². The third-order valence-corrected chi connectivity index (χ3v) is 1.17. The van der Waals surface area contributed by atoms with Crippen molar-refractivity contribution in [3.05, 3.63) is 0 Å². The molecule has 70 valence electrons. The molecule has 0 spiro atoms. The van der Waals surface area contributed by atoms with Gasteiger partial charge in [0.25, 0.3) is 0 Å². The van der Waals surface area contributed by atoms with E-state index >= 15 is 0 Å². The maximum atomic E-state index is 5.73. The number of nitrogens with two attached hydrogens (primary N) is 1. The van der Waals surface area contributed by atoms with Gasteiger partial charge < -0.3 is 10.6 Å². The minimum absolute atomic E-state index is 0.170. The van der Waals surface area contributed by atoms with Crippen molar-refractivity contribution in [2.45, 2.75) is 32.7 Å². The molecule has 12 heavy (non-hydrogen) atoms. The number of hydrogen-bond acceptors (Lipinski definition) is 4. The molecule has 0 aliphatic rings. The molecule has 0 aliphatic heterocycles. The second kappa shape index (κ2) is 5.75. The predicted molar refractivity (Wildman–Crippen MR) is 49.2 cm³/mol. The van der Waals surface area contributed by atoms with Crippen molar-refractivity contribution in [3.63, 3.8) is 0 Å². The molecule has 0 bridgehead atoms. The van der Waals surface area contributed by atoms with E-state index < -0.39 is 0 Å². The lowest BCUT2D eigenvalue weighted by Crippen LogP contribution is -2.32. The van der Waals surface area contributed by atoms with Crippen LogP contribution in [0.15, 0.2) is 10.1 Å². The van der Waals surface area contributed by atoms with Crippen molar-refractivity contribution < 1.29 is 4.84 Å². The summed E-state index contributed by atoms with van der Waals surface area (Å²) < 4.78 is 0. The fourth-order valence-corrected chi connectivity index (χ4v) is 0.516. The second-order valence-electron chi connectivity index (χ2n) is 3.23. The Kier molecular flexibility index (Phi) is 5.34. The molecule has 4 heteroatoms. The Balaban J connectivity index is 3.49. The Morgan fingerprint density at radius 2 is 2.17 bits per heavy atom. The molecule has 0 unspecified atom stereocenters.